The van der Waals surface area contributed by atoms with Crippen molar-refractivity contribution in [2.45, 2.75) is 37.9 Å². The second-order valence-electron chi connectivity index (χ2n) is 5.48. The van der Waals surface area contributed by atoms with Crippen molar-refractivity contribution in [1.82, 2.24) is 24.8 Å². The van der Waals surface area contributed by atoms with Gasteiger partial charge in [0.15, 0.2) is 17.4 Å². The summed E-state index contributed by atoms with van der Waals surface area (Å²) in [7, 11) is 0. The van der Waals surface area contributed by atoms with E-state index in [0.29, 0.717) is 6.42 Å². The Kier molecular flexibility index (Phi) is 4.22. The van der Waals surface area contributed by atoms with Crippen LogP contribution in [-0.2, 0) is 9.53 Å². The fourth-order valence-corrected chi connectivity index (χ4v) is 2.60. The van der Waals surface area contributed by atoms with E-state index in [2.05, 4.69) is 20.3 Å². The third kappa shape index (κ3) is 2.72. The lowest BCUT2D eigenvalue weighted by atomic mass is 10.1. The maximum Gasteiger partial charge on any atom is 0.280 e. The van der Waals surface area contributed by atoms with Gasteiger partial charge in [-0.2, -0.15) is 4.98 Å². The molecule has 3 heterocycles. The van der Waals surface area contributed by atoms with Crippen LogP contribution >= 0.6 is 0 Å². The molecule has 11 nitrogen and oxygen atoms in total. The first-order valence-corrected chi connectivity index (χ1v) is 7.43. The van der Waals surface area contributed by atoms with Crippen molar-refractivity contribution in [3.63, 3.8) is 0 Å². The van der Waals surface area contributed by atoms with E-state index in [1.807, 2.05) is 0 Å². The number of nitrogens with zero attached hydrogens (tertiary/aromatic N) is 3. The van der Waals surface area contributed by atoms with Gasteiger partial charge in [0.05, 0.1) is 6.33 Å². The number of nitrogens with two attached hydrogens (primary N) is 1. The first kappa shape index (κ1) is 16.4. The van der Waals surface area contributed by atoms with E-state index in [1.54, 1.807) is 6.92 Å². The van der Waals surface area contributed by atoms with E-state index in [1.165, 1.54) is 10.9 Å². The highest BCUT2D eigenvalue weighted by molar-refractivity contribution is 5.75. The number of amides is 1. The molecule has 1 fully saturated rings. The van der Waals surface area contributed by atoms with Crippen LogP contribution in [0.2, 0.25) is 0 Å². The number of anilines is 1. The van der Waals surface area contributed by atoms with Crippen molar-refractivity contribution >= 4 is 23.0 Å². The van der Waals surface area contributed by atoms with Crippen LogP contribution in [0, 0.1) is 0 Å². The number of nitrogens with one attached hydrogen (secondary N) is 2. The van der Waals surface area contributed by atoms with Gasteiger partial charge in [0, 0.05) is 13.0 Å². The molecule has 0 unspecified atom stereocenters. The number of nitrogen functional groups attached to an aromatic ring is 1. The lowest BCUT2D eigenvalue weighted by Crippen LogP contribution is -2.39. The zero-order valence-electron chi connectivity index (χ0n) is 12.8. The van der Waals surface area contributed by atoms with Crippen LogP contribution in [0.25, 0.3) is 11.2 Å². The molecule has 2 aromatic heterocycles. The molecular weight excluding hydrogens is 320 g/mol. The SMILES string of the molecule is CCC(=O)NC[C@H]1O[C@@H](n2cnc3c(=O)[nH]c(N)nc32)[C@H](O)[C@@H]1O. The summed E-state index contributed by atoms with van der Waals surface area (Å²) < 4.78 is 6.96. The molecule has 1 amide bonds. The Bertz CT molecular complexity index is 817. The van der Waals surface area contributed by atoms with E-state index in [0.717, 1.165) is 0 Å². The first-order valence-electron chi connectivity index (χ1n) is 7.43. The molecule has 11 heteroatoms. The summed E-state index contributed by atoms with van der Waals surface area (Å²) in [6.07, 6.45) is -2.75. The quantitative estimate of drug-likeness (QED) is 0.420. The summed E-state index contributed by atoms with van der Waals surface area (Å²) in [5.41, 5.74) is 5.18. The number of carbonyl (C=O) groups excluding carboxylic acids is 1. The summed E-state index contributed by atoms with van der Waals surface area (Å²) in [5, 5.41) is 23.0. The number of hydrogen-bond acceptors (Lipinski definition) is 8. The van der Waals surface area contributed by atoms with Crippen molar-refractivity contribution in [3.05, 3.63) is 16.7 Å². The number of H-pyrrole nitrogens is 1. The van der Waals surface area contributed by atoms with Crippen molar-refractivity contribution in [3.8, 4) is 0 Å². The molecule has 0 spiro atoms. The summed E-state index contributed by atoms with van der Waals surface area (Å²) in [6.45, 7) is 1.74. The van der Waals surface area contributed by atoms with E-state index < -0.39 is 30.1 Å². The fourth-order valence-electron chi connectivity index (χ4n) is 2.60. The van der Waals surface area contributed by atoms with Gasteiger partial charge in [0.2, 0.25) is 11.9 Å². The topological polar surface area (TPSA) is 168 Å². The van der Waals surface area contributed by atoms with Gasteiger partial charge in [0.25, 0.3) is 5.56 Å². The van der Waals surface area contributed by atoms with Crippen molar-refractivity contribution in [2.24, 2.45) is 0 Å². The van der Waals surface area contributed by atoms with Gasteiger partial charge in [-0.3, -0.25) is 19.1 Å². The minimum atomic E-state index is -1.28. The molecule has 1 saturated heterocycles. The number of aliphatic hydroxyl groups excluding tert-OH is 2. The third-order valence-corrected chi connectivity index (χ3v) is 3.88. The molecule has 0 aromatic carbocycles. The first-order chi connectivity index (χ1) is 11.4. The molecule has 2 aromatic rings. The van der Waals surface area contributed by atoms with Crippen LogP contribution in [-0.4, -0.2) is 60.5 Å². The van der Waals surface area contributed by atoms with E-state index in [-0.39, 0.29) is 29.6 Å². The Labute approximate surface area is 135 Å². The fraction of sp³-hybridized carbons (Fsp3) is 0.538. The van der Waals surface area contributed by atoms with E-state index in [9.17, 15) is 19.8 Å². The van der Waals surface area contributed by atoms with Crippen LogP contribution in [0.3, 0.4) is 0 Å². The number of carbonyl (C=O) groups is 1. The summed E-state index contributed by atoms with van der Waals surface area (Å²) in [4.78, 5) is 33.4. The van der Waals surface area contributed by atoms with Crippen molar-refractivity contribution in [1.29, 1.82) is 0 Å². The number of aromatic amines is 1. The predicted molar refractivity (Wildman–Crippen MR) is 81.8 cm³/mol. The van der Waals surface area contributed by atoms with Crippen LogP contribution < -0.4 is 16.6 Å². The number of rotatable bonds is 4. The van der Waals surface area contributed by atoms with Gasteiger partial charge >= 0.3 is 0 Å². The monoisotopic (exact) mass is 338 g/mol. The largest absolute Gasteiger partial charge is 0.387 e. The molecule has 3 rings (SSSR count). The Morgan fingerprint density at radius 2 is 2.25 bits per heavy atom. The molecule has 1 aliphatic heterocycles. The van der Waals surface area contributed by atoms with Crippen LogP contribution in [0.5, 0.6) is 0 Å². The Balaban J connectivity index is 1.87. The standard InChI is InChI=1S/C13H18N6O5/c1-2-6(20)15-3-5-8(21)9(22)12(24-5)19-4-16-7-10(19)17-13(14)18-11(7)23/h4-5,8-9,12,21-22H,2-3H2,1H3,(H,15,20)(H3,14,17,18,23)/t5-,8-,9-,12-/m1/s1. The molecule has 6 N–H and O–H groups in total. The zero-order valence-corrected chi connectivity index (χ0v) is 12.8. The lowest BCUT2D eigenvalue weighted by Gasteiger charge is -2.16. The second kappa shape index (κ2) is 6.19. The predicted octanol–water partition coefficient (Wildman–Crippen LogP) is -2.15. The Hall–Kier alpha value is -2.50. The number of aliphatic hydroxyl groups is 2. The van der Waals surface area contributed by atoms with Crippen LogP contribution in [0.15, 0.2) is 11.1 Å². The average molecular weight is 338 g/mol. The minimum absolute atomic E-state index is 0.0391. The smallest absolute Gasteiger partial charge is 0.280 e. The second-order valence-corrected chi connectivity index (χ2v) is 5.48. The number of imidazole rings is 1. The number of aromatic nitrogens is 4. The molecule has 0 aliphatic carbocycles. The van der Waals surface area contributed by atoms with Crippen molar-refractivity contribution in [2.75, 3.05) is 12.3 Å². The maximum absolute atomic E-state index is 11.8. The average Bonchev–Trinajstić information content (AvgIpc) is 3.08. The number of fused-ring (bicyclic) bond motifs is 1. The Morgan fingerprint density at radius 1 is 1.50 bits per heavy atom. The van der Waals surface area contributed by atoms with Crippen molar-refractivity contribution < 1.29 is 19.7 Å². The summed E-state index contributed by atoms with van der Waals surface area (Å²) in [6, 6.07) is 0. The van der Waals surface area contributed by atoms with Gasteiger partial charge in [0.1, 0.15) is 18.3 Å². The van der Waals surface area contributed by atoms with Gasteiger partial charge in [-0.05, 0) is 0 Å². The normalized spacial score (nSPS) is 26.8. The van der Waals surface area contributed by atoms with E-state index in [4.69, 9.17) is 10.5 Å². The van der Waals surface area contributed by atoms with Crippen LogP contribution in [0.1, 0.15) is 19.6 Å². The van der Waals surface area contributed by atoms with E-state index >= 15 is 0 Å². The molecular formula is C13H18N6O5. The molecule has 0 radical (unpaired) electrons. The summed E-state index contributed by atoms with van der Waals surface area (Å²) >= 11 is 0. The molecule has 130 valence electrons. The molecule has 24 heavy (non-hydrogen) atoms. The highest BCUT2D eigenvalue weighted by Gasteiger charge is 2.44. The minimum Gasteiger partial charge on any atom is -0.387 e. The summed E-state index contributed by atoms with van der Waals surface area (Å²) in [5.74, 6) is -0.299. The molecule has 0 saturated carbocycles. The zero-order chi connectivity index (χ0) is 17.4. The third-order valence-electron chi connectivity index (χ3n) is 3.88. The van der Waals surface area contributed by atoms with Gasteiger partial charge in [-0.15, -0.1) is 0 Å². The highest BCUT2D eigenvalue weighted by Crippen LogP contribution is 2.30. The number of ether oxygens (including phenoxy) is 1. The lowest BCUT2D eigenvalue weighted by molar-refractivity contribution is -0.121. The highest BCUT2D eigenvalue weighted by atomic mass is 16.6. The van der Waals surface area contributed by atoms with Crippen LogP contribution in [0.4, 0.5) is 5.95 Å². The number of hydrogen-bond donors (Lipinski definition) is 5. The molecule has 0 bridgehead atoms. The van der Waals surface area contributed by atoms with Gasteiger partial charge in [-0.25, -0.2) is 4.98 Å². The Morgan fingerprint density at radius 3 is 2.96 bits per heavy atom. The maximum atomic E-state index is 11.8. The van der Waals surface area contributed by atoms with Gasteiger partial charge < -0.3 is 26.0 Å². The molecule has 4 atom stereocenters. The van der Waals surface area contributed by atoms with Gasteiger partial charge in [-0.1, -0.05) is 6.92 Å². The molecule has 1 aliphatic rings.